The summed E-state index contributed by atoms with van der Waals surface area (Å²) in [6.45, 7) is 6.55. The standard InChI is InChI=1S/C17H30N2O/c1-5-14-6-7-17(18-3)16(10-14)12-19(4)11-15-8-9-20-13(15)2/h8-9,14,16-18H,5-7,10-12H2,1-4H3. The first-order valence-electron chi connectivity index (χ1n) is 8.02. The van der Waals surface area contributed by atoms with E-state index in [0.29, 0.717) is 6.04 Å². The smallest absolute Gasteiger partial charge is 0.105 e. The molecule has 3 nitrogen and oxygen atoms in total. The summed E-state index contributed by atoms with van der Waals surface area (Å²) >= 11 is 0. The predicted molar refractivity (Wildman–Crippen MR) is 83.7 cm³/mol. The van der Waals surface area contributed by atoms with E-state index in [9.17, 15) is 0 Å². The lowest BCUT2D eigenvalue weighted by Crippen LogP contribution is -2.43. The molecular formula is C17H30N2O. The van der Waals surface area contributed by atoms with E-state index in [1.807, 2.05) is 6.92 Å². The van der Waals surface area contributed by atoms with Gasteiger partial charge < -0.3 is 14.6 Å². The third kappa shape index (κ3) is 3.86. The fraction of sp³-hybridized carbons (Fsp3) is 0.765. The molecule has 1 N–H and O–H groups in total. The van der Waals surface area contributed by atoms with E-state index in [4.69, 9.17) is 4.42 Å². The molecule has 1 heterocycles. The van der Waals surface area contributed by atoms with Crippen molar-refractivity contribution in [3.8, 4) is 0 Å². The molecule has 1 fully saturated rings. The molecule has 1 aliphatic rings. The van der Waals surface area contributed by atoms with Gasteiger partial charge in [-0.05, 0) is 58.2 Å². The summed E-state index contributed by atoms with van der Waals surface area (Å²) in [5.41, 5.74) is 1.32. The second-order valence-electron chi connectivity index (χ2n) is 6.44. The summed E-state index contributed by atoms with van der Waals surface area (Å²) in [4.78, 5) is 2.45. The molecule has 0 saturated heterocycles. The van der Waals surface area contributed by atoms with Gasteiger partial charge in [0.05, 0.1) is 6.26 Å². The molecular weight excluding hydrogens is 248 g/mol. The van der Waals surface area contributed by atoms with E-state index in [1.54, 1.807) is 6.26 Å². The molecule has 1 aromatic heterocycles. The van der Waals surface area contributed by atoms with Gasteiger partial charge in [-0.3, -0.25) is 0 Å². The Labute approximate surface area is 123 Å². The van der Waals surface area contributed by atoms with Crippen molar-refractivity contribution in [3.63, 3.8) is 0 Å². The second kappa shape index (κ2) is 7.28. The highest BCUT2D eigenvalue weighted by molar-refractivity contribution is 5.15. The van der Waals surface area contributed by atoms with Gasteiger partial charge >= 0.3 is 0 Å². The highest BCUT2D eigenvalue weighted by Gasteiger charge is 2.29. The molecule has 3 unspecified atom stereocenters. The second-order valence-corrected chi connectivity index (χ2v) is 6.44. The lowest BCUT2D eigenvalue weighted by molar-refractivity contribution is 0.153. The SMILES string of the molecule is CCC1CCC(NC)C(CN(C)Cc2ccoc2C)C1. The molecule has 2 rings (SSSR count). The third-order valence-corrected chi connectivity index (χ3v) is 4.99. The average molecular weight is 278 g/mol. The molecule has 1 aromatic rings. The van der Waals surface area contributed by atoms with E-state index in [2.05, 4.69) is 37.3 Å². The van der Waals surface area contributed by atoms with Crippen LogP contribution in [-0.2, 0) is 6.54 Å². The Kier molecular flexibility index (Phi) is 5.67. The molecule has 114 valence electrons. The van der Waals surface area contributed by atoms with Gasteiger partial charge in [-0.15, -0.1) is 0 Å². The zero-order chi connectivity index (χ0) is 14.5. The van der Waals surface area contributed by atoms with Gasteiger partial charge in [0.25, 0.3) is 0 Å². The zero-order valence-corrected chi connectivity index (χ0v) is 13.5. The van der Waals surface area contributed by atoms with Crippen molar-refractivity contribution in [2.75, 3.05) is 20.6 Å². The number of hydrogen-bond donors (Lipinski definition) is 1. The number of nitrogens with zero attached hydrogens (tertiary/aromatic N) is 1. The molecule has 3 heteroatoms. The maximum absolute atomic E-state index is 5.39. The molecule has 1 aliphatic carbocycles. The number of hydrogen-bond acceptors (Lipinski definition) is 3. The first-order chi connectivity index (χ1) is 9.63. The summed E-state index contributed by atoms with van der Waals surface area (Å²) in [5.74, 6) is 2.75. The average Bonchev–Trinajstić information content (AvgIpc) is 2.84. The number of rotatable bonds is 6. The van der Waals surface area contributed by atoms with Crippen molar-refractivity contribution >= 4 is 0 Å². The van der Waals surface area contributed by atoms with Crippen LogP contribution in [0, 0.1) is 18.8 Å². The van der Waals surface area contributed by atoms with Crippen LogP contribution in [0.2, 0.25) is 0 Å². The quantitative estimate of drug-likeness (QED) is 0.864. The highest BCUT2D eigenvalue weighted by atomic mass is 16.3. The minimum absolute atomic E-state index is 0.686. The summed E-state index contributed by atoms with van der Waals surface area (Å²) in [6, 6.07) is 2.78. The van der Waals surface area contributed by atoms with Gasteiger partial charge in [-0.1, -0.05) is 13.3 Å². The van der Waals surface area contributed by atoms with Crippen LogP contribution in [-0.4, -0.2) is 31.6 Å². The monoisotopic (exact) mass is 278 g/mol. The van der Waals surface area contributed by atoms with E-state index >= 15 is 0 Å². The van der Waals surface area contributed by atoms with Gasteiger partial charge in [-0.25, -0.2) is 0 Å². The topological polar surface area (TPSA) is 28.4 Å². The van der Waals surface area contributed by atoms with Crippen LogP contribution in [0.1, 0.15) is 43.9 Å². The minimum atomic E-state index is 0.686. The molecule has 0 aliphatic heterocycles. The Morgan fingerprint density at radius 1 is 1.40 bits per heavy atom. The summed E-state index contributed by atoms with van der Waals surface area (Å²) in [5, 5.41) is 3.53. The Morgan fingerprint density at radius 2 is 2.20 bits per heavy atom. The highest BCUT2D eigenvalue weighted by Crippen LogP contribution is 2.32. The van der Waals surface area contributed by atoms with Crippen molar-refractivity contribution in [1.29, 1.82) is 0 Å². The van der Waals surface area contributed by atoms with Crippen LogP contribution < -0.4 is 5.32 Å². The van der Waals surface area contributed by atoms with Crippen molar-refractivity contribution in [2.24, 2.45) is 11.8 Å². The van der Waals surface area contributed by atoms with Gasteiger partial charge in [-0.2, -0.15) is 0 Å². The van der Waals surface area contributed by atoms with Crippen LogP contribution in [0.5, 0.6) is 0 Å². The molecule has 0 amide bonds. The lowest BCUT2D eigenvalue weighted by atomic mass is 9.76. The predicted octanol–water partition coefficient (Wildman–Crippen LogP) is 3.43. The van der Waals surface area contributed by atoms with Crippen molar-refractivity contribution in [2.45, 2.75) is 52.1 Å². The van der Waals surface area contributed by atoms with E-state index < -0.39 is 0 Å². The molecule has 1 saturated carbocycles. The van der Waals surface area contributed by atoms with E-state index in [-0.39, 0.29) is 0 Å². The number of nitrogens with one attached hydrogen (secondary N) is 1. The summed E-state index contributed by atoms with van der Waals surface area (Å²) in [6.07, 6.45) is 7.22. The molecule has 0 radical (unpaired) electrons. The molecule has 3 atom stereocenters. The van der Waals surface area contributed by atoms with Crippen LogP contribution in [0.15, 0.2) is 16.7 Å². The Hall–Kier alpha value is -0.800. The van der Waals surface area contributed by atoms with Gasteiger partial charge in [0.15, 0.2) is 0 Å². The van der Waals surface area contributed by atoms with Crippen LogP contribution in [0.25, 0.3) is 0 Å². The van der Waals surface area contributed by atoms with Crippen LogP contribution in [0.4, 0.5) is 0 Å². The summed E-state index contributed by atoms with van der Waals surface area (Å²) in [7, 11) is 4.35. The molecule has 0 bridgehead atoms. The fourth-order valence-electron chi connectivity index (χ4n) is 3.64. The van der Waals surface area contributed by atoms with Gasteiger partial charge in [0, 0.05) is 24.7 Å². The zero-order valence-electron chi connectivity index (χ0n) is 13.5. The summed E-state index contributed by atoms with van der Waals surface area (Å²) < 4.78 is 5.39. The fourth-order valence-corrected chi connectivity index (χ4v) is 3.64. The first-order valence-corrected chi connectivity index (χ1v) is 8.02. The van der Waals surface area contributed by atoms with Crippen LogP contribution in [0.3, 0.4) is 0 Å². The Balaban J connectivity index is 1.90. The van der Waals surface area contributed by atoms with Crippen molar-refractivity contribution in [1.82, 2.24) is 10.2 Å². The first kappa shape index (κ1) is 15.6. The van der Waals surface area contributed by atoms with E-state index in [1.165, 1.54) is 37.8 Å². The van der Waals surface area contributed by atoms with Crippen LogP contribution >= 0.6 is 0 Å². The third-order valence-electron chi connectivity index (χ3n) is 4.99. The van der Waals surface area contributed by atoms with E-state index in [0.717, 1.165) is 24.1 Å². The number of furan rings is 1. The molecule has 0 aromatic carbocycles. The Bertz CT molecular complexity index is 401. The number of aryl methyl sites for hydroxylation is 1. The largest absolute Gasteiger partial charge is 0.469 e. The van der Waals surface area contributed by atoms with Crippen molar-refractivity contribution in [3.05, 3.63) is 23.7 Å². The lowest BCUT2D eigenvalue weighted by Gasteiger charge is -2.38. The van der Waals surface area contributed by atoms with Crippen molar-refractivity contribution < 1.29 is 4.42 Å². The Morgan fingerprint density at radius 3 is 2.80 bits per heavy atom. The molecule has 0 spiro atoms. The van der Waals surface area contributed by atoms with Gasteiger partial charge in [0.1, 0.15) is 5.76 Å². The normalized spacial score (nSPS) is 27.1. The van der Waals surface area contributed by atoms with Gasteiger partial charge in [0.2, 0.25) is 0 Å². The maximum Gasteiger partial charge on any atom is 0.105 e. The molecule has 20 heavy (non-hydrogen) atoms. The minimum Gasteiger partial charge on any atom is -0.469 e. The maximum atomic E-state index is 5.39.